The van der Waals surface area contributed by atoms with E-state index in [-0.39, 0.29) is 0 Å². The lowest BCUT2D eigenvalue weighted by Gasteiger charge is -2.29. The summed E-state index contributed by atoms with van der Waals surface area (Å²) in [6.07, 6.45) is 0. The molecule has 3 heteroatoms. The Morgan fingerprint density at radius 3 is 1.78 bits per heavy atom. The molecule has 0 aliphatic heterocycles. The van der Waals surface area contributed by atoms with Crippen LogP contribution in [0.3, 0.4) is 0 Å². The molecule has 3 aromatic carbocycles. The van der Waals surface area contributed by atoms with Gasteiger partial charge >= 0.3 is 0 Å². The fraction of sp³-hybridized carbons (Fsp3) is 0.100. The van der Waals surface area contributed by atoms with Crippen molar-refractivity contribution in [2.24, 2.45) is 0 Å². The van der Waals surface area contributed by atoms with Crippen molar-refractivity contribution < 1.29 is 5.11 Å². The minimum absolute atomic E-state index is 0.913. The molecule has 0 saturated heterocycles. The van der Waals surface area contributed by atoms with E-state index in [0.29, 0.717) is 0 Å². The average Bonchev–Trinajstić information content (AvgIpc) is 2.80. The van der Waals surface area contributed by atoms with Crippen LogP contribution in [0.15, 0.2) is 69.6 Å². The zero-order chi connectivity index (χ0) is 16.2. The SMILES string of the molecule is Cc1ccccc1C1(O)c2c(Br)cccc2-c2cccc(Br)c21. The molecule has 1 nitrogen and oxygen atoms in total. The lowest BCUT2D eigenvalue weighted by Crippen LogP contribution is -2.28. The second-order valence-corrected chi connectivity index (χ2v) is 7.56. The zero-order valence-corrected chi connectivity index (χ0v) is 15.6. The Labute approximate surface area is 152 Å². The highest BCUT2D eigenvalue weighted by molar-refractivity contribution is 9.10. The van der Waals surface area contributed by atoms with Crippen molar-refractivity contribution in [3.05, 3.63) is 91.9 Å². The number of benzene rings is 3. The fourth-order valence-electron chi connectivity index (χ4n) is 3.61. The molecule has 1 N–H and O–H groups in total. The quantitative estimate of drug-likeness (QED) is 0.519. The predicted octanol–water partition coefficient (Wildman–Crippen LogP) is 5.78. The lowest BCUT2D eigenvalue weighted by molar-refractivity contribution is 0.128. The number of hydrogen-bond donors (Lipinski definition) is 1. The van der Waals surface area contributed by atoms with Crippen LogP contribution in [0.5, 0.6) is 0 Å². The molecule has 0 saturated carbocycles. The Morgan fingerprint density at radius 1 is 0.739 bits per heavy atom. The van der Waals surface area contributed by atoms with Gasteiger partial charge in [-0.2, -0.15) is 0 Å². The first-order valence-corrected chi connectivity index (χ1v) is 9.00. The van der Waals surface area contributed by atoms with Crippen LogP contribution >= 0.6 is 31.9 Å². The molecule has 0 atom stereocenters. The summed E-state index contributed by atoms with van der Waals surface area (Å²) in [6.45, 7) is 2.04. The van der Waals surface area contributed by atoms with Gasteiger partial charge in [0.05, 0.1) is 0 Å². The van der Waals surface area contributed by atoms with E-state index in [1.54, 1.807) is 0 Å². The summed E-state index contributed by atoms with van der Waals surface area (Å²) in [6, 6.07) is 20.2. The van der Waals surface area contributed by atoms with Crippen molar-refractivity contribution in [2.75, 3.05) is 0 Å². The third-order valence-electron chi connectivity index (χ3n) is 4.58. The van der Waals surface area contributed by atoms with E-state index >= 15 is 0 Å². The van der Waals surface area contributed by atoms with E-state index in [4.69, 9.17) is 0 Å². The van der Waals surface area contributed by atoms with Crippen molar-refractivity contribution in [1.29, 1.82) is 0 Å². The first kappa shape index (κ1) is 15.1. The van der Waals surface area contributed by atoms with Gasteiger partial charge in [0, 0.05) is 20.1 Å². The molecule has 0 heterocycles. The van der Waals surface area contributed by atoms with Crippen molar-refractivity contribution >= 4 is 31.9 Å². The molecule has 3 aromatic rings. The number of hydrogen-bond acceptors (Lipinski definition) is 1. The van der Waals surface area contributed by atoms with Gasteiger partial charge in [0.15, 0.2) is 0 Å². The first-order chi connectivity index (χ1) is 11.0. The van der Waals surface area contributed by atoms with Gasteiger partial charge in [-0.05, 0) is 41.3 Å². The van der Waals surface area contributed by atoms with Crippen LogP contribution < -0.4 is 0 Å². The summed E-state index contributed by atoms with van der Waals surface area (Å²) in [7, 11) is 0. The monoisotopic (exact) mass is 428 g/mol. The molecule has 23 heavy (non-hydrogen) atoms. The third-order valence-corrected chi connectivity index (χ3v) is 5.90. The molecular formula is C20H14Br2O. The number of fused-ring (bicyclic) bond motifs is 3. The summed E-state index contributed by atoms with van der Waals surface area (Å²) in [4.78, 5) is 0. The molecule has 1 aliphatic carbocycles. The third kappa shape index (κ3) is 2.00. The Kier molecular flexibility index (Phi) is 3.49. The van der Waals surface area contributed by atoms with E-state index < -0.39 is 5.60 Å². The highest BCUT2D eigenvalue weighted by Gasteiger charge is 2.46. The molecule has 0 unspecified atom stereocenters. The topological polar surface area (TPSA) is 20.2 Å². The van der Waals surface area contributed by atoms with Gasteiger partial charge in [0.1, 0.15) is 5.60 Å². The average molecular weight is 430 g/mol. The van der Waals surface area contributed by atoms with E-state index in [2.05, 4.69) is 44.0 Å². The highest BCUT2D eigenvalue weighted by atomic mass is 79.9. The van der Waals surface area contributed by atoms with Gasteiger partial charge in [0.2, 0.25) is 0 Å². The maximum Gasteiger partial charge on any atom is 0.144 e. The Morgan fingerprint density at radius 2 is 1.26 bits per heavy atom. The number of aryl methyl sites for hydroxylation is 1. The largest absolute Gasteiger partial charge is 0.376 e. The second-order valence-electron chi connectivity index (χ2n) is 5.85. The molecule has 114 valence electrons. The van der Waals surface area contributed by atoms with Crippen molar-refractivity contribution in [3.8, 4) is 11.1 Å². The minimum atomic E-state index is -1.17. The normalized spacial score (nSPS) is 14.4. The Balaban J connectivity index is 2.19. The molecule has 1 aliphatic rings. The van der Waals surface area contributed by atoms with Crippen LogP contribution in [0.1, 0.15) is 22.3 Å². The molecule has 0 bridgehead atoms. The van der Waals surface area contributed by atoms with Gasteiger partial charge in [-0.15, -0.1) is 0 Å². The van der Waals surface area contributed by atoms with E-state index in [0.717, 1.165) is 42.3 Å². The minimum Gasteiger partial charge on any atom is -0.376 e. The number of rotatable bonds is 1. The molecule has 0 amide bonds. The maximum absolute atomic E-state index is 11.9. The lowest BCUT2D eigenvalue weighted by atomic mass is 9.82. The van der Waals surface area contributed by atoms with E-state index in [1.807, 2.05) is 55.5 Å². The van der Waals surface area contributed by atoms with Crippen molar-refractivity contribution in [3.63, 3.8) is 0 Å². The zero-order valence-electron chi connectivity index (χ0n) is 12.5. The summed E-state index contributed by atoms with van der Waals surface area (Å²) in [5.74, 6) is 0. The summed E-state index contributed by atoms with van der Waals surface area (Å²) < 4.78 is 1.84. The molecule has 0 spiro atoms. The molecule has 0 aromatic heterocycles. The summed E-state index contributed by atoms with van der Waals surface area (Å²) in [5.41, 5.74) is 4.78. The van der Waals surface area contributed by atoms with Gasteiger partial charge in [0.25, 0.3) is 0 Å². The van der Waals surface area contributed by atoms with Gasteiger partial charge in [-0.25, -0.2) is 0 Å². The van der Waals surface area contributed by atoms with Crippen LogP contribution in [0.4, 0.5) is 0 Å². The first-order valence-electron chi connectivity index (χ1n) is 7.42. The fourth-order valence-corrected chi connectivity index (χ4v) is 4.91. The standard InChI is InChI=1S/C20H14Br2O/c1-12-6-2-3-9-15(12)20(23)18-13(7-4-10-16(18)21)14-8-5-11-17(22)19(14)20/h2-11,23H,1H3. The highest BCUT2D eigenvalue weighted by Crippen LogP contribution is 2.55. The van der Waals surface area contributed by atoms with Gasteiger partial charge < -0.3 is 5.11 Å². The predicted molar refractivity (Wildman–Crippen MR) is 101 cm³/mol. The number of halogens is 2. The summed E-state index contributed by atoms with van der Waals surface area (Å²) >= 11 is 7.31. The second kappa shape index (κ2) is 5.30. The molecule has 0 radical (unpaired) electrons. The van der Waals surface area contributed by atoms with E-state index in [9.17, 15) is 5.11 Å². The Bertz CT molecular complexity index is 879. The molecule has 4 rings (SSSR count). The van der Waals surface area contributed by atoms with Crippen LogP contribution in [0, 0.1) is 6.92 Å². The van der Waals surface area contributed by atoms with Gasteiger partial charge in [-0.3, -0.25) is 0 Å². The maximum atomic E-state index is 11.9. The van der Waals surface area contributed by atoms with Crippen molar-refractivity contribution in [1.82, 2.24) is 0 Å². The van der Waals surface area contributed by atoms with Gasteiger partial charge in [-0.1, -0.05) is 80.4 Å². The van der Waals surface area contributed by atoms with E-state index in [1.165, 1.54) is 0 Å². The van der Waals surface area contributed by atoms with Crippen LogP contribution in [0.25, 0.3) is 11.1 Å². The van der Waals surface area contributed by atoms with Crippen LogP contribution in [-0.4, -0.2) is 5.11 Å². The van der Waals surface area contributed by atoms with Crippen LogP contribution in [-0.2, 0) is 5.60 Å². The molecular weight excluding hydrogens is 416 g/mol. The summed E-state index contributed by atoms with van der Waals surface area (Å²) in [5, 5.41) is 11.9. The smallest absolute Gasteiger partial charge is 0.144 e. The Hall–Kier alpha value is -1.42. The number of aliphatic hydroxyl groups is 1. The molecule has 0 fully saturated rings. The van der Waals surface area contributed by atoms with Crippen molar-refractivity contribution in [2.45, 2.75) is 12.5 Å². The van der Waals surface area contributed by atoms with Crippen LogP contribution in [0.2, 0.25) is 0 Å².